The summed E-state index contributed by atoms with van der Waals surface area (Å²) in [4.78, 5) is 0. The summed E-state index contributed by atoms with van der Waals surface area (Å²) in [5, 5.41) is 21.3. The van der Waals surface area contributed by atoms with Crippen LogP contribution in [0.3, 0.4) is 0 Å². The lowest BCUT2D eigenvalue weighted by Gasteiger charge is -2.05. The lowest BCUT2D eigenvalue weighted by Crippen LogP contribution is -1.95. The Morgan fingerprint density at radius 1 is 1.22 bits per heavy atom. The molecular weight excluding hydrogens is 312 g/mol. The van der Waals surface area contributed by atoms with E-state index in [1.54, 1.807) is 18.2 Å². The smallest absolute Gasteiger partial charge is 0.216 e. The third kappa shape index (κ3) is 3.00. The van der Waals surface area contributed by atoms with Gasteiger partial charge in [-0.05, 0) is 24.4 Å². The van der Waals surface area contributed by atoms with E-state index >= 15 is 0 Å². The largest absolute Gasteiger partial charge is 0.504 e. The van der Waals surface area contributed by atoms with Crippen molar-refractivity contribution in [3.63, 3.8) is 0 Å². The molecule has 2 aromatic carbocycles. The molecule has 0 atom stereocenters. The minimum atomic E-state index is 0.0232. The summed E-state index contributed by atoms with van der Waals surface area (Å²) in [7, 11) is 1.50. The number of hydrogen-bond acceptors (Lipinski definition) is 5. The average Bonchev–Trinajstić information content (AvgIpc) is 2.95. The van der Waals surface area contributed by atoms with Gasteiger partial charge >= 0.3 is 0 Å². The highest BCUT2D eigenvalue weighted by atomic mass is 32.1. The van der Waals surface area contributed by atoms with E-state index in [9.17, 15) is 5.11 Å². The number of phenols is 1. The lowest BCUT2D eigenvalue weighted by molar-refractivity contribution is 0.373. The number of methoxy groups -OCH3 is 1. The molecule has 1 aromatic heterocycles. The van der Waals surface area contributed by atoms with Crippen molar-refractivity contribution in [3.8, 4) is 22.9 Å². The minimum Gasteiger partial charge on any atom is -0.504 e. The van der Waals surface area contributed by atoms with Crippen molar-refractivity contribution < 1.29 is 9.84 Å². The number of aromatic nitrogens is 3. The fourth-order valence-corrected chi connectivity index (χ4v) is 2.28. The molecular formula is C16H14N4O2S. The number of nitrogens with zero attached hydrogens (tertiary/aromatic N) is 3. The van der Waals surface area contributed by atoms with Crippen LogP contribution < -0.4 is 4.74 Å². The van der Waals surface area contributed by atoms with E-state index in [0.29, 0.717) is 21.9 Å². The molecule has 0 spiro atoms. The first-order valence-corrected chi connectivity index (χ1v) is 7.24. The Balaban J connectivity index is 2.01. The molecule has 0 aliphatic carbocycles. The molecule has 0 saturated heterocycles. The van der Waals surface area contributed by atoms with E-state index in [1.807, 2.05) is 30.3 Å². The third-order valence-electron chi connectivity index (χ3n) is 3.24. The maximum Gasteiger partial charge on any atom is 0.216 e. The van der Waals surface area contributed by atoms with Crippen molar-refractivity contribution in [2.24, 2.45) is 5.10 Å². The fraction of sp³-hybridized carbons (Fsp3) is 0.0625. The van der Waals surface area contributed by atoms with Gasteiger partial charge in [0.1, 0.15) is 0 Å². The maximum atomic E-state index is 10.1. The Labute approximate surface area is 137 Å². The molecule has 0 aliphatic rings. The van der Waals surface area contributed by atoms with Crippen LogP contribution in [0.1, 0.15) is 5.56 Å². The predicted molar refractivity (Wildman–Crippen MR) is 90.5 cm³/mol. The van der Waals surface area contributed by atoms with Gasteiger partial charge in [0.05, 0.1) is 13.3 Å². The van der Waals surface area contributed by atoms with E-state index in [-0.39, 0.29) is 5.75 Å². The van der Waals surface area contributed by atoms with Crippen molar-refractivity contribution in [1.82, 2.24) is 14.9 Å². The normalized spacial score (nSPS) is 11.0. The van der Waals surface area contributed by atoms with Crippen molar-refractivity contribution in [2.45, 2.75) is 0 Å². The lowest BCUT2D eigenvalue weighted by atomic mass is 10.2. The maximum absolute atomic E-state index is 10.1. The van der Waals surface area contributed by atoms with Crippen LogP contribution in [0.4, 0.5) is 0 Å². The molecule has 0 saturated carbocycles. The number of H-pyrrole nitrogens is 1. The number of benzene rings is 2. The molecule has 1 heterocycles. The van der Waals surface area contributed by atoms with Gasteiger partial charge in [-0.15, -0.1) is 0 Å². The number of aromatic amines is 1. The van der Waals surface area contributed by atoms with Crippen molar-refractivity contribution >= 4 is 18.4 Å². The SMILES string of the molecule is COc1cccc(/C=N/n2c(-c3ccccc3)n[nH]c2=S)c1O. The summed E-state index contributed by atoms with van der Waals surface area (Å²) in [6.07, 6.45) is 1.51. The second kappa shape index (κ2) is 6.45. The molecule has 7 heteroatoms. The topological polar surface area (TPSA) is 75.4 Å². The van der Waals surface area contributed by atoms with Gasteiger partial charge in [-0.3, -0.25) is 0 Å². The second-order valence-corrected chi connectivity index (χ2v) is 5.06. The van der Waals surface area contributed by atoms with Crippen LogP contribution in [0.2, 0.25) is 0 Å². The van der Waals surface area contributed by atoms with Gasteiger partial charge in [-0.2, -0.15) is 14.9 Å². The number of hydrogen-bond donors (Lipinski definition) is 2. The number of phenolic OH excluding ortho intramolecular Hbond substituents is 1. The number of aromatic hydroxyl groups is 1. The van der Waals surface area contributed by atoms with Crippen LogP contribution >= 0.6 is 12.2 Å². The zero-order valence-electron chi connectivity index (χ0n) is 12.3. The highest BCUT2D eigenvalue weighted by molar-refractivity contribution is 7.71. The van der Waals surface area contributed by atoms with Crippen molar-refractivity contribution in [1.29, 1.82) is 0 Å². The Morgan fingerprint density at radius 2 is 2.00 bits per heavy atom. The molecule has 0 fully saturated rings. The molecule has 6 nitrogen and oxygen atoms in total. The van der Waals surface area contributed by atoms with Gasteiger partial charge in [-0.25, -0.2) is 5.10 Å². The van der Waals surface area contributed by atoms with Gasteiger partial charge in [0.2, 0.25) is 4.77 Å². The second-order valence-electron chi connectivity index (χ2n) is 4.67. The van der Waals surface area contributed by atoms with Crippen molar-refractivity contribution in [3.05, 3.63) is 58.9 Å². The average molecular weight is 326 g/mol. The Hall–Kier alpha value is -2.93. The molecule has 0 aliphatic heterocycles. The van der Waals surface area contributed by atoms with Gasteiger partial charge in [0, 0.05) is 11.1 Å². The van der Waals surface area contributed by atoms with E-state index in [0.717, 1.165) is 5.56 Å². The van der Waals surface area contributed by atoms with Gasteiger partial charge in [-0.1, -0.05) is 36.4 Å². The molecule has 0 bridgehead atoms. The predicted octanol–water partition coefficient (Wildman–Crippen LogP) is 3.20. The van der Waals surface area contributed by atoms with E-state index < -0.39 is 0 Å². The zero-order chi connectivity index (χ0) is 16.2. The van der Waals surface area contributed by atoms with Crippen LogP contribution in [-0.2, 0) is 0 Å². The standard InChI is InChI=1S/C16H14N4O2S/c1-22-13-9-5-8-12(14(13)21)10-17-20-15(18-19-16(20)23)11-6-3-2-4-7-11/h2-10,21H,1H3,(H,19,23)/b17-10+. The molecule has 3 rings (SSSR count). The highest BCUT2D eigenvalue weighted by Crippen LogP contribution is 2.28. The third-order valence-corrected chi connectivity index (χ3v) is 3.51. The van der Waals surface area contributed by atoms with Crippen LogP contribution in [0, 0.1) is 4.77 Å². The fourth-order valence-electron chi connectivity index (χ4n) is 2.10. The highest BCUT2D eigenvalue weighted by Gasteiger charge is 2.08. The van der Waals surface area contributed by atoms with Crippen molar-refractivity contribution in [2.75, 3.05) is 7.11 Å². The quantitative estimate of drug-likeness (QED) is 0.570. The number of ether oxygens (including phenoxy) is 1. The van der Waals surface area contributed by atoms with Crippen LogP contribution in [0.5, 0.6) is 11.5 Å². The molecule has 23 heavy (non-hydrogen) atoms. The first-order valence-electron chi connectivity index (χ1n) is 6.84. The summed E-state index contributed by atoms with van der Waals surface area (Å²) in [5.74, 6) is 0.997. The van der Waals surface area contributed by atoms with E-state index in [1.165, 1.54) is 18.0 Å². The first-order chi connectivity index (χ1) is 11.2. The Morgan fingerprint density at radius 3 is 2.74 bits per heavy atom. The summed E-state index contributed by atoms with van der Waals surface area (Å²) >= 11 is 5.21. The van der Waals surface area contributed by atoms with Crippen LogP contribution in [-0.4, -0.2) is 33.3 Å². The minimum absolute atomic E-state index is 0.0232. The van der Waals surface area contributed by atoms with E-state index in [2.05, 4.69) is 15.3 Å². The first kappa shape index (κ1) is 15.0. The summed E-state index contributed by atoms with van der Waals surface area (Å²) < 4.78 is 6.95. The summed E-state index contributed by atoms with van der Waals surface area (Å²) in [6, 6.07) is 14.8. The molecule has 116 valence electrons. The summed E-state index contributed by atoms with van der Waals surface area (Å²) in [6.45, 7) is 0. The Bertz CT molecular complexity index is 900. The number of rotatable bonds is 4. The monoisotopic (exact) mass is 326 g/mol. The van der Waals surface area contributed by atoms with Gasteiger partial charge in [0.15, 0.2) is 17.3 Å². The summed E-state index contributed by atoms with van der Waals surface area (Å²) in [5.41, 5.74) is 1.40. The Kier molecular flexibility index (Phi) is 4.20. The molecule has 2 N–H and O–H groups in total. The molecule has 0 amide bonds. The van der Waals surface area contributed by atoms with E-state index in [4.69, 9.17) is 17.0 Å². The number of para-hydroxylation sites is 1. The van der Waals surface area contributed by atoms with Gasteiger partial charge < -0.3 is 9.84 Å². The van der Waals surface area contributed by atoms with Gasteiger partial charge in [0.25, 0.3) is 0 Å². The zero-order valence-corrected chi connectivity index (χ0v) is 13.1. The molecule has 3 aromatic rings. The van der Waals surface area contributed by atoms with Crippen LogP contribution in [0.25, 0.3) is 11.4 Å². The van der Waals surface area contributed by atoms with Crippen LogP contribution in [0.15, 0.2) is 53.6 Å². The number of nitrogens with one attached hydrogen (secondary N) is 1. The molecule has 0 radical (unpaired) electrons. The molecule has 0 unspecified atom stereocenters.